The van der Waals surface area contributed by atoms with Gasteiger partial charge >= 0.3 is 0 Å². The smallest absolute Gasteiger partial charge is 0.249 e. The highest BCUT2D eigenvalue weighted by Gasteiger charge is 2.28. The van der Waals surface area contributed by atoms with Crippen molar-refractivity contribution in [2.75, 3.05) is 6.61 Å². The van der Waals surface area contributed by atoms with Crippen molar-refractivity contribution in [3.05, 3.63) is 12.2 Å². The summed E-state index contributed by atoms with van der Waals surface area (Å²) in [5.74, 6) is -0.578. The van der Waals surface area contributed by atoms with Crippen LogP contribution < -0.4 is 5.32 Å². The van der Waals surface area contributed by atoms with Crippen LogP contribution in [0.2, 0.25) is 0 Å². The number of hydrogen-bond donors (Lipinski definition) is 5. The highest BCUT2D eigenvalue weighted by Crippen LogP contribution is 2.19. The molecule has 0 aromatic rings. The zero-order valence-corrected chi connectivity index (χ0v) is 48.3. The van der Waals surface area contributed by atoms with Gasteiger partial charge in [-0.15, -0.1) is 0 Å². The molecule has 6 nitrogen and oxygen atoms in total. The molecule has 0 saturated heterocycles. The Morgan fingerprint density at radius 1 is 0.338 bits per heavy atom. The summed E-state index contributed by atoms with van der Waals surface area (Å²) in [6.07, 6.45) is 73.1. The van der Waals surface area contributed by atoms with E-state index >= 15 is 0 Å². The molecule has 0 aromatic heterocycles. The average molecular weight is 1000 g/mol. The van der Waals surface area contributed by atoms with Gasteiger partial charge in [-0.05, 0) is 38.5 Å². The van der Waals surface area contributed by atoms with E-state index in [1.54, 1.807) is 0 Å². The maximum absolute atomic E-state index is 12.6. The SMILES string of the molecule is CCCCCCCCCCCCCC/C=C\CCCCCCCCCCCCC(O)C(=O)NC(CO)C(O)C(O)CCCCCCCCCCCCCCCCCCCCCCCCCCCCCCC. The van der Waals surface area contributed by atoms with Crippen molar-refractivity contribution >= 4 is 5.91 Å². The minimum Gasteiger partial charge on any atom is -0.394 e. The molecule has 0 radical (unpaired) electrons. The van der Waals surface area contributed by atoms with E-state index in [2.05, 4.69) is 31.3 Å². The van der Waals surface area contributed by atoms with E-state index in [0.717, 1.165) is 38.5 Å². The molecule has 0 bridgehead atoms. The van der Waals surface area contributed by atoms with Crippen LogP contribution in [0.5, 0.6) is 0 Å². The zero-order valence-electron chi connectivity index (χ0n) is 48.3. The Kier molecular flexibility index (Phi) is 59.1. The molecule has 0 spiro atoms. The van der Waals surface area contributed by atoms with Gasteiger partial charge in [-0.1, -0.05) is 341 Å². The highest BCUT2D eigenvalue weighted by atomic mass is 16.3. The molecule has 0 saturated carbocycles. The number of carbonyl (C=O) groups is 1. The minimum atomic E-state index is -1.26. The van der Waals surface area contributed by atoms with E-state index < -0.39 is 36.9 Å². The van der Waals surface area contributed by atoms with Crippen LogP contribution in [0.3, 0.4) is 0 Å². The Morgan fingerprint density at radius 3 is 0.817 bits per heavy atom. The quantitative estimate of drug-likeness (QED) is 0.0308. The summed E-state index contributed by atoms with van der Waals surface area (Å²) in [7, 11) is 0. The standard InChI is InChI=1S/C65H129NO5/c1-3-5-7-9-11-13-15-17-19-21-23-25-27-29-31-32-33-35-36-38-40-42-44-46-48-50-52-54-56-58-62(68)64(70)61(60-67)66-65(71)63(69)59-57-55-53-51-49-47-45-43-41-39-37-34-30-28-26-24-22-20-18-16-14-12-10-8-6-4-2/h30,34,61-64,67-70H,3-29,31-33,35-60H2,1-2H3,(H,66,71)/b34-30-. The molecular weight excluding hydrogens is 875 g/mol. The largest absolute Gasteiger partial charge is 0.394 e. The molecular formula is C65H129NO5. The Hall–Kier alpha value is -0.950. The van der Waals surface area contributed by atoms with Crippen molar-refractivity contribution in [3.63, 3.8) is 0 Å². The average Bonchev–Trinajstić information content (AvgIpc) is 3.38. The van der Waals surface area contributed by atoms with E-state index in [-0.39, 0.29) is 0 Å². The van der Waals surface area contributed by atoms with Crippen LogP contribution in [-0.4, -0.2) is 57.3 Å². The number of aliphatic hydroxyl groups is 4. The van der Waals surface area contributed by atoms with Gasteiger partial charge < -0.3 is 25.7 Å². The van der Waals surface area contributed by atoms with Crippen molar-refractivity contribution in [3.8, 4) is 0 Å². The Balaban J connectivity index is 3.55. The second-order valence-corrected chi connectivity index (χ2v) is 22.8. The molecule has 0 aliphatic rings. The molecule has 4 unspecified atom stereocenters. The fraction of sp³-hybridized carbons (Fsp3) is 0.954. The van der Waals surface area contributed by atoms with Gasteiger partial charge in [0.15, 0.2) is 0 Å². The van der Waals surface area contributed by atoms with E-state index in [0.29, 0.717) is 12.8 Å². The predicted octanol–water partition coefficient (Wildman–Crippen LogP) is 19.6. The Bertz CT molecular complexity index is 1040. The molecule has 71 heavy (non-hydrogen) atoms. The van der Waals surface area contributed by atoms with Crippen LogP contribution in [0.1, 0.15) is 367 Å². The molecule has 0 aromatic carbocycles. The van der Waals surface area contributed by atoms with Gasteiger partial charge in [-0.2, -0.15) is 0 Å². The summed E-state index contributed by atoms with van der Waals surface area (Å²) in [6, 6.07) is -0.985. The molecule has 424 valence electrons. The van der Waals surface area contributed by atoms with E-state index in [4.69, 9.17) is 0 Å². The van der Waals surface area contributed by atoms with Gasteiger partial charge in [0.1, 0.15) is 12.2 Å². The van der Waals surface area contributed by atoms with Crippen molar-refractivity contribution in [2.24, 2.45) is 0 Å². The molecule has 6 heteroatoms. The number of unbranched alkanes of at least 4 members (excludes halogenated alkanes) is 50. The number of aliphatic hydroxyl groups excluding tert-OH is 4. The number of rotatable bonds is 61. The van der Waals surface area contributed by atoms with Gasteiger partial charge in [0.2, 0.25) is 5.91 Å². The second-order valence-electron chi connectivity index (χ2n) is 22.8. The third kappa shape index (κ3) is 53.7. The topological polar surface area (TPSA) is 110 Å². The van der Waals surface area contributed by atoms with Crippen molar-refractivity contribution in [1.82, 2.24) is 5.32 Å². The molecule has 0 heterocycles. The Labute approximate surface area is 444 Å². The molecule has 0 aliphatic carbocycles. The number of amides is 1. The summed E-state index contributed by atoms with van der Waals surface area (Å²) in [5.41, 5.74) is 0. The minimum absolute atomic E-state index is 0.371. The molecule has 0 aliphatic heterocycles. The maximum atomic E-state index is 12.6. The van der Waals surface area contributed by atoms with Crippen molar-refractivity contribution in [1.29, 1.82) is 0 Å². The highest BCUT2D eigenvalue weighted by molar-refractivity contribution is 5.80. The van der Waals surface area contributed by atoms with Gasteiger partial charge in [0.05, 0.1) is 18.8 Å². The zero-order chi connectivity index (χ0) is 51.6. The van der Waals surface area contributed by atoms with Crippen LogP contribution in [0, 0.1) is 0 Å². The first-order valence-electron chi connectivity index (χ1n) is 32.6. The van der Waals surface area contributed by atoms with Gasteiger partial charge in [0, 0.05) is 0 Å². The number of nitrogens with one attached hydrogen (secondary N) is 1. The normalized spacial score (nSPS) is 13.6. The van der Waals surface area contributed by atoms with Crippen LogP contribution in [0.25, 0.3) is 0 Å². The molecule has 0 rings (SSSR count). The molecule has 0 fully saturated rings. The number of carbonyl (C=O) groups excluding carboxylic acids is 1. The van der Waals surface area contributed by atoms with Crippen LogP contribution in [0.15, 0.2) is 12.2 Å². The van der Waals surface area contributed by atoms with Crippen molar-refractivity contribution < 1.29 is 25.2 Å². The van der Waals surface area contributed by atoms with Gasteiger partial charge in [0.25, 0.3) is 0 Å². The van der Waals surface area contributed by atoms with E-state index in [9.17, 15) is 25.2 Å². The first-order valence-corrected chi connectivity index (χ1v) is 32.6. The third-order valence-corrected chi connectivity index (χ3v) is 15.7. The van der Waals surface area contributed by atoms with Crippen LogP contribution in [-0.2, 0) is 4.79 Å². The van der Waals surface area contributed by atoms with Crippen LogP contribution >= 0.6 is 0 Å². The summed E-state index contributed by atoms with van der Waals surface area (Å²) in [5, 5.41) is 44.2. The maximum Gasteiger partial charge on any atom is 0.249 e. The number of hydrogen-bond acceptors (Lipinski definition) is 5. The first-order chi connectivity index (χ1) is 35.0. The first kappa shape index (κ1) is 70.1. The predicted molar refractivity (Wildman–Crippen MR) is 311 cm³/mol. The fourth-order valence-corrected chi connectivity index (χ4v) is 10.6. The summed E-state index contributed by atoms with van der Waals surface area (Å²) < 4.78 is 0. The molecule has 5 N–H and O–H groups in total. The second kappa shape index (κ2) is 59.9. The Morgan fingerprint density at radius 2 is 0.563 bits per heavy atom. The van der Waals surface area contributed by atoms with Gasteiger partial charge in [-0.3, -0.25) is 4.79 Å². The molecule has 1 amide bonds. The summed E-state index contributed by atoms with van der Waals surface area (Å²) in [4.78, 5) is 12.6. The summed E-state index contributed by atoms with van der Waals surface area (Å²) in [6.45, 7) is 4.11. The lowest BCUT2D eigenvalue weighted by Gasteiger charge is -2.27. The number of allylic oxidation sites excluding steroid dienone is 2. The molecule has 4 atom stereocenters. The lowest BCUT2D eigenvalue weighted by molar-refractivity contribution is -0.132. The van der Waals surface area contributed by atoms with Crippen LogP contribution in [0.4, 0.5) is 0 Å². The van der Waals surface area contributed by atoms with Crippen molar-refractivity contribution in [2.45, 2.75) is 391 Å². The van der Waals surface area contributed by atoms with E-state index in [1.165, 1.54) is 302 Å². The summed E-state index contributed by atoms with van der Waals surface area (Å²) >= 11 is 0. The van der Waals surface area contributed by atoms with E-state index in [1.807, 2.05) is 0 Å². The lowest BCUT2D eigenvalue weighted by Crippen LogP contribution is -2.53. The fourth-order valence-electron chi connectivity index (χ4n) is 10.6. The monoisotopic (exact) mass is 1000 g/mol. The van der Waals surface area contributed by atoms with Gasteiger partial charge in [-0.25, -0.2) is 0 Å². The lowest BCUT2D eigenvalue weighted by atomic mass is 9.99. The third-order valence-electron chi connectivity index (χ3n) is 15.7.